The van der Waals surface area contributed by atoms with Crippen molar-refractivity contribution in [3.63, 3.8) is 0 Å². The molecule has 2 heteroatoms. The molecule has 1 atom stereocenters. The normalized spacial score (nSPS) is 14.1. The van der Waals surface area contributed by atoms with Gasteiger partial charge >= 0.3 is 0 Å². The van der Waals surface area contributed by atoms with Gasteiger partial charge in [-0.1, -0.05) is 39.0 Å². The Morgan fingerprint density at radius 2 is 1.86 bits per heavy atom. The molecule has 0 saturated carbocycles. The van der Waals surface area contributed by atoms with Crippen molar-refractivity contribution in [1.29, 1.82) is 0 Å². The lowest BCUT2D eigenvalue weighted by atomic mass is 9.86. The highest BCUT2D eigenvalue weighted by Gasteiger charge is 2.18. The lowest BCUT2D eigenvalue weighted by Gasteiger charge is -2.23. The van der Waals surface area contributed by atoms with Crippen LogP contribution in [-0.2, 0) is 0 Å². The lowest BCUT2D eigenvalue weighted by molar-refractivity contribution is 0.339. The first-order valence-corrected chi connectivity index (χ1v) is 4.90. The van der Waals surface area contributed by atoms with Crippen LogP contribution in [0, 0.1) is 11.2 Å². The Morgan fingerprint density at radius 1 is 1.29 bits per heavy atom. The third-order valence-corrected chi connectivity index (χ3v) is 2.14. The number of halogens is 1. The molecule has 0 radical (unpaired) electrons. The average Bonchev–Trinajstić information content (AvgIpc) is 2.01. The van der Waals surface area contributed by atoms with Gasteiger partial charge in [-0.3, -0.25) is 0 Å². The zero-order valence-corrected chi connectivity index (χ0v) is 9.05. The molecule has 0 unspecified atom stereocenters. The first kappa shape index (κ1) is 11.2. The summed E-state index contributed by atoms with van der Waals surface area (Å²) < 4.78 is 13.3. The van der Waals surface area contributed by atoms with Crippen molar-refractivity contribution >= 4 is 0 Å². The van der Waals surface area contributed by atoms with Crippen molar-refractivity contribution in [2.45, 2.75) is 33.2 Å². The van der Waals surface area contributed by atoms with E-state index in [4.69, 9.17) is 5.73 Å². The molecule has 1 aromatic rings. The maximum atomic E-state index is 13.3. The molecule has 14 heavy (non-hydrogen) atoms. The van der Waals surface area contributed by atoms with Crippen molar-refractivity contribution in [3.05, 3.63) is 35.6 Å². The Bertz CT molecular complexity index is 301. The highest BCUT2D eigenvalue weighted by atomic mass is 19.1. The van der Waals surface area contributed by atoms with Gasteiger partial charge in [0, 0.05) is 11.6 Å². The fourth-order valence-corrected chi connectivity index (χ4v) is 1.55. The van der Waals surface area contributed by atoms with Gasteiger partial charge in [0.25, 0.3) is 0 Å². The van der Waals surface area contributed by atoms with Crippen LogP contribution < -0.4 is 5.73 Å². The highest BCUT2D eigenvalue weighted by Crippen LogP contribution is 2.28. The van der Waals surface area contributed by atoms with Gasteiger partial charge in [0.1, 0.15) is 5.82 Å². The Balaban J connectivity index is 2.80. The molecular formula is C12H18FN. The molecular weight excluding hydrogens is 177 g/mol. The summed E-state index contributed by atoms with van der Waals surface area (Å²) in [6, 6.07) is 6.50. The Kier molecular flexibility index (Phi) is 3.27. The standard InChI is InChI=1S/C12H18FN/c1-12(2,3)8-11(14)9-6-4-5-7-10(9)13/h4-7,11H,8,14H2,1-3H3/t11-/m0/s1. The first-order valence-electron chi connectivity index (χ1n) is 4.90. The van der Waals surface area contributed by atoms with Gasteiger partial charge < -0.3 is 5.73 Å². The second kappa shape index (κ2) is 4.09. The third kappa shape index (κ3) is 3.11. The predicted octanol–water partition coefficient (Wildman–Crippen LogP) is 3.26. The van der Waals surface area contributed by atoms with Crippen molar-refractivity contribution < 1.29 is 4.39 Å². The smallest absolute Gasteiger partial charge is 0.127 e. The van der Waals surface area contributed by atoms with Crippen LogP contribution in [0.5, 0.6) is 0 Å². The van der Waals surface area contributed by atoms with Gasteiger partial charge in [-0.05, 0) is 17.9 Å². The largest absolute Gasteiger partial charge is 0.324 e. The SMILES string of the molecule is CC(C)(C)C[C@H](N)c1ccccc1F. The predicted molar refractivity (Wildman–Crippen MR) is 57.4 cm³/mol. The summed E-state index contributed by atoms with van der Waals surface area (Å²) in [5.74, 6) is -0.204. The molecule has 0 aliphatic rings. The van der Waals surface area contributed by atoms with E-state index >= 15 is 0 Å². The number of hydrogen-bond acceptors (Lipinski definition) is 1. The molecule has 1 nitrogen and oxygen atoms in total. The van der Waals surface area contributed by atoms with Crippen LogP contribution in [0.3, 0.4) is 0 Å². The van der Waals surface area contributed by atoms with E-state index in [1.807, 2.05) is 6.07 Å². The summed E-state index contributed by atoms with van der Waals surface area (Å²) in [4.78, 5) is 0. The quantitative estimate of drug-likeness (QED) is 0.770. The summed E-state index contributed by atoms with van der Waals surface area (Å²) in [5, 5.41) is 0. The van der Waals surface area contributed by atoms with E-state index in [1.165, 1.54) is 6.07 Å². The van der Waals surface area contributed by atoms with Crippen LogP contribution in [-0.4, -0.2) is 0 Å². The molecule has 0 saturated heterocycles. The van der Waals surface area contributed by atoms with Crippen LogP contribution in [0.2, 0.25) is 0 Å². The number of hydrogen-bond donors (Lipinski definition) is 1. The highest BCUT2D eigenvalue weighted by molar-refractivity contribution is 5.20. The Labute approximate surface area is 85.1 Å². The van der Waals surface area contributed by atoms with Crippen LogP contribution in [0.4, 0.5) is 4.39 Å². The van der Waals surface area contributed by atoms with E-state index in [9.17, 15) is 4.39 Å². The molecule has 0 spiro atoms. The second-order valence-corrected chi connectivity index (χ2v) is 4.89. The Morgan fingerprint density at radius 3 is 2.36 bits per heavy atom. The van der Waals surface area contributed by atoms with E-state index in [0.29, 0.717) is 5.56 Å². The van der Waals surface area contributed by atoms with Crippen molar-refractivity contribution in [1.82, 2.24) is 0 Å². The fraction of sp³-hybridized carbons (Fsp3) is 0.500. The van der Waals surface area contributed by atoms with Gasteiger partial charge in [-0.2, -0.15) is 0 Å². The van der Waals surface area contributed by atoms with Crippen molar-refractivity contribution in [3.8, 4) is 0 Å². The molecule has 0 amide bonds. The van der Waals surface area contributed by atoms with Gasteiger partial charge in [-0.15, -0.1) is 0 Å². The van der Waals surface area contributed by atoms with Gasteiger partial charge in [0.05, 0.1) is 0 Å². The monoisotopic (exact) mass is 195 g/mol. The van der Waals surface area contributed by atoms with Gasteiger partial charge in [0.15, 0.2) is 0 Å². The molecule has 0 fully saturated rings. The van der Waals surface area contributed by atoms with Crippen molar-refractivity contribution in [2.75, 3.05) is 0 Å². The van der Waals surface area contributed by atoms with Crippen LogP contribution in [0.1, 0.15) is 38.8 Å². The van der Waals surface area contributed by atoms with Gasteiger partial charge in [-0.25, -0.2) is 4.39 Å². The Hall–Kier alpha value is -0.890. The minimum absolute atomic E-state index is 0.127. The molecule has 1 rings (SSSR count). The maximum absolute atomic E-state index is 13.3. The number of benzene rings is 1. The maximum Gasteiger partial charge on any atom is 0.127 e. The van der Waals surface area contributed by atoms with Crippen LogP contribution >= 0.6 is 0 Å². The zero-order chi connectivity index (χ0) is 10.8. The topological polar surface area (TPSA) is 26.0 Å². The number of nitrogens with two attached hydrogens (primary N) is 1. The van der Waals surface area contributed by atoms with E-state index in [1.54, 1.807) is 12.1 Å². The molecule has 78 valence electrons. The van der Waals surface area contributed by atoms with Gasteiger partial charge in [0.2, 0.25) is 0 Å². The molecule has 0 aliphatic carbocycles. The van der Waals surface area contributed by atoms with Crippen LogP contribution in [0.15, 0.2) is 24.3 Å². The summed E-state index contributed by atoms with van der Waals surface area (Å²) in [6.45, 7) is 6.31. The molecule has 0 heterocycles. The lowest BCUT2D eigenvalue weighted by Crippen LogP contribution is -2.19. The molecule has 0 aliphatic heterocycles. The van der Waals surface area contributed by atoms with E-state index in [0.717, 1.165) is 6.42 Å². The van der Waals surface area contributed by atoms with Crippen molar-refractivity contribution in [2.24, 2.45) is 11.1 Å². The summed E-state index contributed by atoms with van der Waals surface area (Å²) in [7, 11) is 0. The minimum atomic E-state index is -0.212. The second-order valence-electron chi connectivity index (χ2n) is 4.89. The molecule has 1 aromatic carbocycles. The fourth-order valence-electron chi connectivity index (χ4n) is 1.55. The summed E-state index contributed by atoms with van der Waals surface area (Å²) >= 11 is 0. The summed E-state index contributed by atoms with van der Waals surface area (Å²) in [6.07, 6.45) is 0.786. The number of rotatable bonds is 2. The average molecular weight is 195 g/mol. The first-order chi connectivity index (χ1) is 6.40. The zero-order valence-electron chi connectivity index (χ0n) is 9.05. The van der Waals surface area contributed by atoms with E-state index in [2.05, 4.69) is 20.8 Å². The molecule has 2 N–H and O–H groups in total. The minimum Gasteiger partial charge on any atom is -0.324 e. The third-order valence-electron chi connectivity index (χ3n) is 2.14. The van der Waals surface area contributed by atoms with E-state index in [-0.39, 0.29) is 17.3 Å². The molecule has 0 aromatic heterocycles. The summed E-state index contributed by atoms with van der Waals surface area (Å²) in [5.41, 5.74) is 6.68. The molecule has 0 bridgehead atoms. The van der Waals surface area contributed by atoms with Crippen LogP contribution in [0.25, 0.3) is 0 Å². The van der Waals surface area contributed by atoms with E-state index < -0.39 is 0 Å².